The van der Waals surface area contributed by atoms with Crippen LogP contribution >= 0.6 is 0 Å². The van der Waals surface area contributed by atoms with E-state index in [1.54, 1.807) is 12.6 Å². The van der Waals surface area contributed by atoms with Crippen LogP contribution in [-0.4, -0.2) is 9.97 Å². The number of anilines is 1. The molecule has 3 aromatic rings. The highest BCUT2D eigenvalue weighted by molar-refractivity contribution is 5.62. The van der Waals surface area contributed by atoms with Gasteiger partial charge in [-0.05, 0) is 36.8 Å². The van der Waals surface area contributed by atoms with Gasteiger partial charge in [-0.2, -0.15) is 0 Å². The third-order valence-corrected chi connectivity index (χ3v) is 3.05. The molecule has 96 valence electrons. The maximum atomic E-state index is 5.37. The van der Waals surface area contributed by atoms with Crippen LogP contribution in [0.4, 0.5) is 5.69 Å². The normalized spacial score (nSPS) is 12.3. The van der Waals surface area contributed by atoms with E-state index < -0.39 is 0 Å². The van der Waals surface area contributed by atoms with E-state index in [2.05, 4.69) is 46.5 Å². The van der Waals surface area contributed by atoms with E-state index in [0.717, 1.165) is 22.7 Å². The fraction of sp³-hybridized carbons (Fsp3) is 0.133. The minimum Gasteiger partial charge on any atom is -0.467 e. The van der Waals surface area contributed by atoms with E-state index in [4.69, 9.17) is 4.42 Å². The van der Waals surface area contributed by atoms with Gasteiger partial charge in [-0.15, -0.1) is 0 Å². The number of H-pyrrole nitrogens is 1. The molecule has 0 saturated heterocycles. The van der Waals surface area contributed by atoms with Gasteiger partial charge < -0.3 is 14.7 Å². The van der Waals surface area contributed by atoms with Gasteiger partial charge in [0.15, 0.2) is 0 Å². The third kappa shape index (κ3) is 2.52. The van der Waals surface area contributed by atoms with Crippen molar-refractivity contribution >= 4 is 5.69 Å². The lowest BCUT2D eigenvalue weighted by molar-refractivity contribution is 0.490. The van der Waals surface area contributed by atoms with Crippen molar-refractivity contribution in [3.05, 3.63) is 60.9 Å². The Bertz CT molecular complexity index is 612. The molecule has 0 bridgehead atoms. The Labute approximate surface area is 111 Å². The van der Waals surface area contributed by atoms with Gasteiger partial charge in [0.2, 0.25) is 0 Å². The molecule has 4 nitrogen and oxygen atoms in total. The first-order valence-electron chi connectivity index (χ1n) is 6.21. The molecule has 1 aromatic carbocycles. The summed E-state index contributed by atoms with van der Waals surface area (Å²) in [6, 6.07) is 12.2. The average Bonchev–Trinajstić information content (AvgIpc) is 3.13. The molecule has 0 aliphatic heterocycles. The second-order valence-corrected chi connectivity index (χ2v) is 4.42. The predicted molar refractivity (Wildman–Crippen MR) is 74.8 cm³/mol. The summed E-state index contributed by atoms with van der Waals surface area (Å²) in [7, 11) is 0. The van der Waals surface area contributed by atoms with E-state index in [1.807, 2.05) is 18.3 Å². The number of aromatic nitrogens is 2. The second kappa shape index (κ2) is 5.02. The van der Waals surface area contributed by atoms with Crippen LogP contribution in [0.3, 0.4) is 0 Å². The van der Waals surface area contributed by atoms with Crippen molar-refractivity contribution in [1.29, 1.82) is 0 Å². The fourth-order valence-corrected chi connectivity index (χ4v) is 2.02. The number of benzene rings is 1. The molecule has 0 aliphatic carbocycles. The second-order valence-electron chi connectivity index (χ2n) is 4.42. The number of hydrogen-bond acceptors (Lipinski definition) is 3. The van der Waals surface area contributed by atoms with E-state index in [9.17, 15) is 0 Å². The first-order chi connectivity index (χ1) is 9.33. The maximum Gasteiger partial charge on any atom is 0.125 e. The van der Waals surface area contributed by atoms with Crippen molar-refractivity contribution in [1.82, 2.24) is 9.97 Å². The van der Waals surface area contributed by atoms with Gasteiger partial charge in [-0.3, -0.25) is 0 Å². The van der Waals surface area contributed by atoms with Gasteiger partial charge in [-0.25, -0.2) is 4.98 Å². The molecule has 1 atom stereocenters. The molecule has 0 radical (unpaired) electrons. The van der Waals surface area contributed by atoms with E-state index in [-0.39, 0.29) is 6.04 Å². The van der Waals surface area contributed by atoms with Gasteiger partial charge in [0, 0.05) is 5.69 Å². The van der Waals surface area contributed by atoms with Crippen molar-refractivity contribution in [3.8, 4) is 11.3 Å². The summed E-state index contributed by atoms with van der Waals surface area (Å²) in [5.41, 5.74) is 3.20. The molecule has 2 aromatic heterocycles. The number of nitrogens with one attached hydrogen (secondary N) is 2. The molecule has 0 spiro atoms. The van der Waals surface area contributed by atoms with Gasteiger partial charge in [0.25, 0.3) is 0 Å². The summed E-state index contributed by atoms with van der Waals surface area (Å²) >= 11 is 0. The Morgan fingerprint density at radius 2 is 2.05 bits per heavy atom. The largest absolute Gasteiger partial charge is 0.467 e. The zero-order valence-electron chi connectivity index (χ0n) is 10.6. The average molecular weight is 253 g/mol. The van der Waals surface area contributed by atoms with Crippen LogP contribution in [0.5, 0.6) is 0 Å². The summed E-state index contributed by atoms with van der Waals surface area (Å²) < 4.78 is 5.37. The first kappa shape index (κ1) is 11.6. The molecule has 4 heteroatoms. The van der Waals surface area contributed by atoms with Gasteiger partial charge in [0.05, 0.1) is 30.5 Å². The Morgan fingerprint density at radius 1 is 1.21 bits per heavy atom. The maximum absolute atomic E-state index is 5.37. The lowest BCUT2D eigenvalue weighted by Crippen LogP contribution is -2.05. The van der Waals surface area contributed by atoms with Crippen molar-refractivity contribution in [2.75, 3.05) is 5.32 Å². The molecule has 0 fully saturated rings. The van der Waals surface area contributed by atoms with Crippen LogP contribution in [0.25, 0.3) is 11.3 Å². The monoisotopic (exact) mass is 253 g/mol. The molecule has 0 saturated carbocycles. The summed E-state index contributed by atoms with van der Waals surface area (Å²) in [5.74, 6) is 0.928. The molecule has 0 aliphatic rings. The molecular formula is C15H15N3O. The van der Waals surface area contributed by atoms with E-state index in [0.29, 0.717) is 0 Å². The lowest BCUT2D eigenvalue weighted by Gasteiger charge is -2.13. The highest BCUT2D eigenvalue weighted by Crippen LogP contribution is 2.22. The minimum atomic E-state index is 0.146. The zero-order valence-corrected chi connectivity index (χ0v) is 10.6. The highest BCUT2D eigenvalue weighted by Gasteiger charge is 2.07. The van der Waals surface area contributed by atoms with E-state index >= 15 is 0 Å². The fourth-order valence-electron chi connectivity index (χ4n) is 2.02. The quantitative estimate of drug-likeness (QED) is 0.742. The Morgan fingerprint density at radius 3 is 2.68 bits per heavy atom. The zero-order chi connectivity index (χ0) is 13.1. The third-order valence-electron chi connectivity index (χ3n) is 3.05. The smallest absolute Gasteiger partial charge is 0.125 e. The number of nitrogens with zero attached hydrogens (tertiary/aromatic N) is 1. The molecular weight excluding hydrogens is 238 g/mol. The van der Waals surface area contributed by atoms with Gasteiger partial charge in [-0.1, -0.05) is 12.1 Å². The molecule has 19 heavy (non-hydrogen) atoms. The van der Waals surface area contributed by atoms with Crippen molar-refractivity contribution in [3.63, 3.8) is 0 Å². The highest BCUT2D eigenvalue weighted by atomic mass is 16.3. The van der Waals surface area contributed by atoms with E-state index in [1.165, 1.54) is 0 Å². The number of imidazole rings is 1. The van der Waals surface area contributed by atoms with Crippen LogP contribution in [0, 0.1) is 0 Å². The number of aromatic amines is 1. The molecule has 3 rings (SSSR count). The minimum absolute atomic E-state index is 0.146. The number of rotatable bonds is 4. The molecule has 2 N–H and O–H groups in total. The Balaban J connectivity index is 1.73. The standard InChI is InChI=1S/C15H15N3O/c1-11(15-3-2-8-19-15)18-13-6-4-12(5-7-13)14-9-16-10-17-14/h2-11,18H,1H3,(H,16,17). The Kier molecular flexibility index (Phi) is 3.06. The van der Waals surface area contributed by atoms with Crippen LogP contribution in [0.1, 0.15) is 18.7 Å². The molecule has 0 amide bonds. The predicted octanol–water partition coefficient (Wildman–Crippen LogP) is 3.84. The molecule has 1 unspecified atom stereocenters. The SMILES string of the molecule is CC(Nc1ccc(-c2cnc[nH]2)cc1)c1ccco1. The van der Waals surface area contributed by atoms with Gasteiger partial charge in [0.1, 0.15) is 5.76 Å². The van der Waals surface area contributed by atoms with Crippen LogP contribution in [-0.2, 0) is 0 Å². The van der Waals surface area contributed by atoms with Crippen LogP contribution in [0.2, 0.25) is 0 Å². The topological polar surface area (TPSA) is 53.9 Å². The van der Waals surface area contributed by atoms with Crippen LogP contribution in [0.15, 0.2) is 59.6 Å². The summed E-state index contributed by atoms with van der Waals surface area (Å²) in [4.78, 5) is 7.11. The number of hydrogen-bond donors (Lipinski definition) is 2. The first-order valence-corrected chi connectivity index (χ1v) is 6.21. The molecule has 2 heterocycles. The summed E-state index contributed by atoms with van der Waals surface area (Å²) in [5, 5.41) is 3.40. The summed E-state index contributed by atoms with van der Waals surface area (Å²) in [6.07, 6.45) is 5.18. The number of furan rings is 1. The van der Waals surface area contributed by atoms with Gasteiger partial charge >= 0.3 is 0 Å². The van der Waals surface area contributed by atoms with Crippen molar-refractivity contribution in [2.45, 2.75) is 13.0 Å². The van der Waals surface area contributed by atoms with Crippen molar-refractivity contribution < 1.29 is 4.42 Å². The lowest BCUT2D eigenvalue weighted by atomic mass is 10.1. The van der Waals surface area contributed by atoms with Crippen LogP contribution < -0.4 is 5.32 Å². The van der Waals surface area contributed by atoms with Crippen molar-refractivity contribution in [2.24, 2.45) is 0 Å². The summed E-state index contributed by atoms with van der Waals surface area (Å²) in [6.45, 7) is 2.07. The Hall–Kier alpha value is -2.49.